The van der Waals surface area contributed by atoms with Gasteiger partial charge in [0.05, 0.1) is 11.6 Å². The molecule has 1 aliphatic heterocycles. The van der Waals surface area contributed by atoms with Crippen LogP contribution in [0, 0.1) is 12.7 Å². The molecule has 24 heavy (non-hydrogen) atoms. The lowest BCUT2D eigenvalue weighted by Crippen LogP contribution is -2.33. The van der Waals surface area contributed by atoms with E-state index < -0.39 is 0 Å². The van der Waals surface area contributed by atoms with E-state index in [1.807, 2.05) is 31.2 Å². The third-order valence-corrected chi connectivity index (χ3v) is 4.50. The highest BCUT2D eigenvalue weighted by atomic mass is 32.2. The number of para-hydroxylation sites is 1. The van der Waals surface area contributed by atoms with Crippen LogP contribution in [0.5, 0.6) is 0 Å². The van der Waals surface area contributed by atoms with E-state index in [2.05, 4.69) is 5.32 Å². The van der Waals surface area contributed by atoms with Crippen LogP contribution in [0.15, 0.2) is 53.4 Å². The predicted octanol–water partition coefficient (Wildman–Crippen LogP) is 4.24. The number of aryl methyl sites for hydroxylation is 1. The number of halogens is 1. The lowest BCUT2D eigenvalue weighted by Gasteiger charge is -2.15. The maximum absolute atomic E-state index is 13.2. The van der Waals surface area contributed by atoms with Gasteiger partial charge in [0, 0.05) is 5.69 Å². The van der Waals surface area contributed by atoms with Crippen LogP contribution >= 0.6 is 11.8 Å². The molecule has 0 saturated carbocycles. The molecule has 1 fully saturated rings. The first-order valence-electron chi connectivity index (χ1n) is 7.35. The number of carbonyl (C=O) groups excluding carboxylic acids is 2. The van der Waals surface area contributed by atoms with Crippen LogP contribution in [0.4, 0.5) is 14.9 Å². The highest BCUT2D eigenvalue weighted by molar-refractivity contribution is 8.18. The average Bonchev–Trinajstić information content (AvgIpc) is 2.81. The van der Waals surface area contributed by atoms with Gasteiger partial charge in [0.15, 0.2) is 0 Å². The summed E-state index contributed by atoms with van der Waals surface area (Å²) >= 11 is 0.858. The van der Waals surface area contributed by atoms with Gasteiger partial charge in [0.25, 0.3) is 11.1 Å². The van der Waals surface area contributed by atoms with Gasteiger partial charge < -0.3 is 5.32 Å². The number of rotatable bonds is 4. The maximum Gasteiger partial charge on any atom is 0.295 e. The van der Waals surface area contributed by atoms with Gasteiger partial charge in [-0.3, -0.25) is 14.5 Å². The fraction of sp³-hybridized carbons (Fsp3) is 0.111. The SMILES string of the molecule is Cc1ccccc1NCN1C(=O)SC(=Cc2cccc(F)c2)C1=O. The number of hydrogen-bond acceptors (Lipinski definition) is 4. The van der Waals surface area contributed by atoms with E-state index in [0.717, 1.165) is 27.9 Å². The van der Waals surface area contributed by atoms with Crippen molar-refractivity contribution >= 4 is 34.7 Å². The lowest BCUT2D eigenvalue weighted by atomic mass is 10.2. The Morgan fingerprint density at radius 2 is 1.96 bits per heavy atom. The molecule has 3 rings (SSSR count). The van der Waals surface area contributed by atoms with E-state index in [-0.39, 0.29) is 28.5 Å². The average molecular weight is 342 g/mol. The summed E-state index contributed by atoms with van der Waals surface area (Å²) in [7, 11) is 0. The molecule has 6 heteroatoms. The maximum atomic E-state index is 13.2. The standard InChI is InChI=1S/C18H15FN2O2S/c1-12-5-2-3-8-15(12)20-11-21-17(22)16(24-18(21)23)10-13-6-4-7-14(19)9-13/h2-10,20H,11H2,1H3. The summed E-state index contributed by atoms with van der Waals surface area (Å²) < 4.78 is 13.2. The first kappa shape index (κ1) is 16.3. The quantitative estimate of drug-likeness (QED) is 0.845. The van der Waals surface area contributed by atoms with Gasteiger partial charge in [0.2, 0.25) is 0 Å². The number of nitrogens with one attached hydrogen (secondary N) is 1. The summed E-state index contributed by atoms with van der Waals surface area (Å²) in [5.41, 5.74) is 2.44. The predicted molar refractivity (Wildman–Crippen MR) is 93.9 cm³/mol. The number of amides is 2. The number of thioether (sulfide) groups is 1. The molecular formula is C18H15FN2O2S. The number of carbonyl (C=O) groups is 2. The molecule has 0 aromatic heterocycles. The molecule has 0 unspecified atom stereocenters. The third kappa shape index (κ3) is 3.49. The highest BCUT2D eigenvalue weighted by Gasteiger charge is 2.34. The molecule has 1 aliphatic rings. The Morgan fingerprint density at radius 1 is 1.17 bits per heavy atom. The van der Waals surface area contributed by atoms with E-state index in [4.69, 9.17) is 0 Å². The Balaban J connectivity index is 1.73. The Morgan fingerprint density at radius 3 is 2.71 bits per heavy atom. The number of anilines is 1. The van der Waals surface area contributed by atoms with E-state index in [0.29, 0.717) is 5.56 Å². The molecule has 1 heterocycles. The molecule has 0 spiro atoms. The fourth-order valence-electron chi connectivity index (χ4n) is 2.32. The first-order chi connectivity index (χ1) is 11.5. The van der Waals surface area contributed by atoms with Crippen LogP contribution in [-0.4, -0.2) is 22.7 Å². The Labute approximate surface area is 143 Å². The van der Waals surface area contributed by atoms with E-state index in [1.165, 1.54) is 18.2 Å². The molecule has 1 saturated heterocycles. The van der Waals surface area contributed by atoms with Crippen LogP contribution in [0.2, 0.25) is 0 Å². The van der Waals surface area contributed by atoms with Crippen molar-refractivity contribution in [3.8, 4) is 0 Å². The molecule has 0 bridgehead atoms. The van der Waals surface area contributed by atoms with E-state index in [1.54, 1.807) is 12.1 Å². The molecule has 0 aliphatic carbocycles. The molecular weight excluding hydrogens is 327 g/mol. The second-order valence-electron chi connectivity index (χ2n) is 5.31. The summed E-state index contributed by atoms with van der Waals surface area (Å²) in [5.74, 6) is -0.764. The smallest absolute Gasteiger partial charge is 0.295 e. The number of nitrogens with zero attached hydrogens (tertiary/aromatic N) is 1. The van der Waals surface area contributed by atoms with Crippen LogP contribution in [0.1, 0.15) is 11.1 Å². The number of hydrogen-bond donors (Lipinski definition) is 1. The Hall–Kier alpha value is -2.60. The normalized spacial score (nSPS) is 16.1. The van der Waals surface area contributed by atoms with Crippen molar-refractivity contribution < 1.29 is 14.0 Å². The molecule has 1 N–H and O–H groups in total. The monoisotopic (exact) mass is 342 g/mol. The fourth-order valence-corrected chi connectivity index (χ4v) is 3.16. The van der Waals surface area contributed by atoms with Gasteiger partial charge in [-0.2, -0.15) is 0 Å². The molecule has 122 valence electrons. The van der Waals surface area contributed by atoms with Crippen LogP contribution < -0.4 is 5.32 Å². The molecule has 0 atom stereocenters. The minimum Gasteiger partial charge on any atom is -0.367 e. The second-order valence-corrected chi connectivity index (χ2v) is 6.31. The van der Waals surface area contributed by atoms with Gasteiger partial charge in [-0.1, -0.05) is 30.3 Å². The van der Waals surface area contributed by atoms with Crippen molar-refractivity contribution in [2.45, 2.75) is 6.92 Å². The van der Waals surface area contributed by atoms with Gasteiger partial charge in [-0.05, 0) is 54.1 Å². The lowest BCUT2D eigenvalue weighted by molar-refractivity contribution is -0.122. The molecule has 0 radical (unpaired) electrons. The largest absolute Gasteiger partial charge is 0.367 e. The van der Waals surface area contributed by atoms with Gasteiger partial charge in [0.1, 0.15) is 5.82 Å². The molecule has 4 nitrogen and oxygen atoms in total. The minimum absolute atomic E-state index is 0.0933. The van der Waals surface area contributed by atoms with Crippen LogP contribution in [0.3, 0.4) is 0 Å². The second kappa shape index (κ2) is 6.88. The topological polar surface area (TPSA) is 49.4 Å². The van der Waals surface area contributed by atoms with E-state index in [9.17, 15) is 14.0 Å². The zero-order valence-electron chi connectivity index (χ0n) is 13.0. The van der Waals surface area contributed by atoms with Crippen molar-refractivity contribution in [2.24, 2.45) is 0 Å². The van der Waals surface area contributed by atoms with Crippen molar-refractivity contribution in [1.29, 1.82) is 0 Å². The van der Waals surface area contributed by atoms with Crippen molar-refractivity contribution in [1.82, 2.24) is 4.90 Å². The van der Waals surface area contributed by atoms with Crippen molar-refractivity contribution in [3.63, 3.8) is 0 Å². The number of imide groups is 1. The molecule has 2 aromatic carbocycles. The Kier molecular flexibility index (Phi) is 4.66. The zero-order valence-corrected chi connectivity index (χ0v) is 13.8. The minimum atomic E-state index is -0.385. The summed E-state index contributed by atoms with van der Waals surface area (Å²) in [6.07, 6.45) is 1.53. The van der Waals surface area contributed by atoms with E-state index >= 15 is 0 Å². The van der Waals surface area contributed by atoms with Crippen molar-refractivity contribution in [2.75, 3.05) is 12.0 Å². The summed E-state index contributed by atoms with van der Waals surface area (Å²) in [6, 6.07) is 13.5. The molecule has 2 aromatic rings. The highest BCUT2D eigenvalue weighted by Crippen LogP contribution is 2.32. The van der Waals surface area contributed by atoms with Crippen molar-refractivity contribution in [3.05, 3.63) is 70.4 Å². The number of benzene rings is 2. The van der Waals surface area contributed by atoms with Crippen LogP contribution in [-0.2, 0) is 4.79 Å². The summed E-state index contributed by atoms with van der Waals surface area (Å²) in [5, 5.41) is 2.75. The van der Waals surface area contributed by atoms with Gasteiger partial charge >= 0.3 is 0 Å². The summed E-state index contributed by atoms with van der Waals surface area (Å²) in [4.78, 5) is 25.9. The first-order valence-corrected chi connectivity index (χ1v) is 8.17. The van der Waals surface area contributed by atoms with Gasteiger partial charge in [-0.25, -0.2) is 4.39 Å². The van der Waals surface area contributed by atoms with Crippen LogP contribution in [0.25, 0.3) is 6.08 Å². The third-order valence-electron chi connectivity index (χ3n) is 3.59. The zero-order chi connectivity index (χ0) is 17.1. The molecule has 2 amide bonds. The Bertz CT molecular complexity index is 835. The van der Waals surface area contributed by atoms with Gasteiger partial charge in [-0.15, -0.1) is 0 Å². The summed E-state index contributed by atoms with van der Waals surface area (Å²) in [6.45, 7) is 2.04.